The highest BCUT2D eigenvalue weighted by Crippen LogP contribution is 2.13. The molecule has 0 saturated heterocycles. The Balaban J connectivity index is 2.14. The number of carboxylic acids is 1. The molecule has 0 radical (unpaired) electrons. The van der Waals surface area contributed by atoms with Crippen LogP contribution in [0.1, 0.15) is 20.9 Å². The molecule has 2 N–H and O–H groups in total. The van der Waals surface area contributed by atoms with E-state index >= 15 is 0 Å². The van der Waals surface area contributed by atoms with Crippen LogP contribution in [0.5, 0.6) is 0 Å². The van der Waals surface area contributed by atoms with Crippen LogP contribution >= 0.6 is 0 Å². The lowest BCUT2D eigenvalue weighted by Gasteiger charge is -2.02. The molecular formula is C12H8FNO4. The van der Waals surface area contributed by atoms with Gasteiger partial charge >= 0.3 is 5.97 Å². The molecule has 0 aliphatic carbocycles. The minimum atomic E-state index is -1.19. The van der Waals surface area contributed by atoms with Crippen molar-refractivity contribution < 1.29 is 23.5 Å². The molecule has 0 bridgehead atoms. The van der Waals surface area contributed by atoms with E-state index in [0.717, 1.165) is 18.4 Å². The first-order valence-electron chi connectivity index (χ1n) is 4.95. The molecule has 0 saturated carbocycles. The smallest absolute Gasteiger partial charge is 0.338 e. The highest BCUT2D eigenvalue weighted by Gasteiger charge is 2.14. The first-order chi connectivity index (χ1) is 8.56. The molecule has 0 spiro atoms. The van der Waals surface area contributed by atoms with Crippen LogP contribution in [0.25, 0.3) is 0 Å². The molecule has 5 nitrogen and oxygen atoms in total. The number of nitrogens with one attached hydrogen (secondary N) is 1. The van der Waals surface area contributed by atoms with Crippen molar-refractivity contribution in [2.75, 3.05) is 5.32 Å². The molecule has 1 heterocycles. The van der Waals surface area contributed by atoms with Gasteiger partial charge in [0, 0.05) is 11.8 Å². The Morgan fingerprint density at radius 1 is 1.28 bits per heavy atom. The number of rotatable bonds is 3. The second-order valence-electron chi connectivity index (χ2n) is 3.47. The van der Waals surface area contributed by atoms with Gasteiger partial charge in [0.1, 0.15) is 12.1 Å². The fourth-order valence-electron chi connectivity index (χ4n) is 1.33. The lowest BCUT2D eigenvalue weighted by atomic mass is 10.3. The molecule has 1 aromatic carbocycles. The van der Waals surface area contributed by atoms with Crippen LogP contribution in [0.2, 0.25) is 0 Å². The van der Waals surface area contributed by atoms with Gasteiger partial charge in [0.2, 0.25) is 0 Å². The summed E-state index contributed by atoms with van der Waals surface area (Å²) in [5, 5.41) is 11.1. The number of carbonyl (C=O) groups is 2. The van der Waals surface area contributed by atoms with Crippen LogP contribution < -0.4 is 5.32 Å². The van der Waals surface area contributed by atoms with Crippen molar-refractivity contribution in [1.82, 2.24) is 0 Å². The predicted octanol–water partition coefficient (Wildman–Crippen LogP) is 2.37. The Kier molecular flexibility index (Phi) is 3.09. The van der Waals surface area contributed by atoms with E-state index in [0.29, 0.717) is 0 Å². The largest absolute Gasteiger partial charge is 0.478 e. The molecule has 1 aromatic heterocycles. The fraction of sp³-hybridized carbons (Fsp3) is 0. The van der Waals surface area contributed by atoms with E-state index in [1.54, 1.807) is 0 Å². The number of aromatic carboxylic acids is 1. The maximum atomic E-state index is 12.9. The highest BCUT2D eigenvalue weighted by atomic mass is 19.1. The van der Waals surface area contributed by atoms with Crippen molar-refractivity contribution in [3.63, 3.8) is 0 Å². The zero-order chi connectivity index (χ0) is 13.1. The summed E-state index contributed by atoms with van der Waals surface area (Å²) in [7, 11) is 0. The minimum absolute atomic E-state index is 0.126. The van der Waals surface area contributed by atoms with E-state index in [1.165, 1.54) is 18.2 Å². The van der Waals surface area contributed by atoms with E-state index in [9.17, 15) is 14.0 Å². The number of anilines is 1. The Morgan fingerprint density at radius 2 is 2.06 bits per heavy atom. The van der Waals surface area contributed by atoms with E-state index in [2.05, 4.69) is 5.32 Å². The van der Waals surface area contributed by atoms with E-state index in [4.69, 9.17) is 9.52 Å². The predicted molar refractivity (Wildman–Crippen MR) is 60.0 cm³/mol. The molecule has 0 fully saturated rings. The van der Waals surface area contributed by atoms with Gasteiger partial charge in [-0.05, 0) is 18.2 Å². The van der Waals surface area contributed by atoms with Gasteiger partial charge in [-0.2, -0.15) is 0 Å². The second kappa shape index (κ2) is 4.70. The highest BCUT2D eigenvalue weighted by molar-refractivity contribution is 6.03. The summed E-state index contributed by atoms with van der Waals surface area (Å²) < 4.78 is 17.7. The van der Waals surface area contributed by atoms with E-state index < -0.39 is 17.7 Å². The average Bonchev–Trinajstić information content (AvgIpc) is 2.78. The fourth-order valence-corrected chi connectivity index (χ4v) is 1.33. The molecule has 0 aliphatic rings. The quantitative estimate of drug-likeness (QED) is 0.875. The second-order valence-corrected chi connectivity index (χ2v) is 3.47. The van der Waals surface area contributed by atoms with Crippen molar-refractivity contribution >= 4 is 17.6 Å². The number of hydrogen-bond donors (Lipinski definition) is 2. The van der Waals surface area contributed by atoms with Gasteiger partial charge in [0.15, 0.2) is 5.76 Å². The van der Waals surface area contributed by atoms with E-state index in [-0.39, 0.29) is 17.0 Å². The minimum Gasteiger partial charge on any atom is -0.478 e. The van der Waals surface area contributed by atoms with Gasteiger partial charge in [-0.25, -0.2) is 9.18 Å². The molecule has 92 valence electrons. The number of carboxylic acid groups (broad SMARTS) is 1. The van der Waals surface area contributed by atoms with Gasteiger partial charge in [-0.15, -0.1) is 0 Å². The van der Waals surface area contributed by atoms with Crippen LogP contribution in [0, 0.1) is 5.82 Å². The molecule has 6 heteroatoms. The standard InChI is InChI=1S/C12H8FNO4/c13-8-2-1-3-9(5-8)14-11(15)10-4-7(6-18-10)12(16)17/h1-6H,(H,14,15)(H,16,17). The third-order valence-corrected chi connectivity index (χ3v) is 2.15. The third-order valence-electron chi connectivity index (χ3n) is 2.15. The van der Waals surface area contributed by atoms with Crippen molar-refractivity contribution in [2.45, 2.75) is 0 Å². The van der Waals surface area contributed by atoms with Crippen molar-refractivity contribution in [3.8, 4) is 0 Å². The Labute approximate surface area is 101 Å². The first kappa shape index (κ1) is 11.8. The van der Waals surface area contributed by atoms with Gasteiger partial charge in [0.05, 0.1) is 5.56 Å². The summed E-state index contributed by atoms with van der Waals surface area (Å²) in [6, 6.07) is 6.42. The van der Waals surface area contributed by atoms with Crippen molar-refractivity contribution in [3.05, 3.63) is 53.7 Å². The zero-order valence-corrected chi connectivity index (χ0v) is 9.01. The Morgan fingerprint density at radius 3 is 2.67 bits per heavy atom. The summed E-state index contributed by atoms with van der Waals surface area (Å²) in [5.74, 6) is -2.48. The molecule has 18 heavy (non-hydrogen) atoms. The lowest BCUT2D eigenvalue weighted by molar-refractivity contribution is 0.0696. The molecule has 1 amide bonds. The number of hydrogen-bond acceptors (Lipinski definition) is 3. The maximum Gasteiger partial charge on any atom is 0.338 e. The summed E-state index contributed by atoms with van der Waals surface area (Å²) in [6.45, 7) is 0. The molecule has 0 atom stereocenters. The van der Waals surface area contributed by atoms with Crippen LogP contribution in [0.3, 0.4) is 0 Å². The molecule has 0 unspecified atom stereocenters. The lowest BCUT2D eigenvalue weighted by Crippen LogP contribution is -2.11. The molecule has 0 aliphatic heterocycles. The number of benzene rings is 1. The summed E-state index contributed by atoms with van der Waals surface area (Å²) in [5.41, 5.74) is 0.132. The average molecular weight is 249 g/mol. The van der Waals surface area contributed by atoms with Crippen LogP contribution in [-0.4, -0.2) is 17.0 Å². The zero-order valence-electron chi connectivity index (χ0n) is 9.01. The normalized spacial score (nSPS) is 10.1. The summed E-state index contributed by atoms with van der Waals surface area (Å²) >= 11 is 0. The monoisotopic (exact) mass is 249 g/mol. The molecule has 2 rings (SSSR count). The summed E-state index contributed by atoms with van der Waals surface area (Å²) in [4.78, 5) is 22.2. The van der Waals surface area contributed by atoms with Crippen LogP contribution in [0.4, 0.5) is 10.1 Å². The SMILES string of the molecule is O=C(O)c1coc(C(=O)Nc2cccc(F)c2)c1. The third kappa shape index (κ3) is 2.54. The molecule has 2 aromatic rings. The number of halogens is 1. The first-order valence-corrected chi connectivity index (χ1v) is 4.95. The van der Waals surface area contributed by atoms with Crippen molar-refractivity contribution in [1.29, 1.82) is 0 Å². The van der Waals surface area contributed by atoms with Crippen LogP contribution in [0.15, 0.2) is 41.0 Å². The van der Waals surface area contributed by atoms with Gasteiger partial charge < -0.3 is 14.8 Å². The van der Waals surface area contributed by atoms with Gasteiger partial charge in [-0.3, -0.25) is 4.79 Å². The molecular weight excluding hydrogens is 241 g/mol. The Hall–Kier alpha value is -2.63. The number of furan rings is 1. The summed E-state index contributed by atoms with van der Waals surface area (Å²) in [6.07, 6.45) is 0.961. The van der Waals surface area contributed by atoms with E-state index in [1.807, 2.05) is 0 Å². The maximum absolute atomic E-state index is 12.9. The van der Waals surface area contributed by atoms with Crippen molar-refractivity contribution in [2.24, 2.45) is 0 Å². The van der Waals surface area contributed by atoms with Crippen LogP contribution in [-0.2, 0) is 0 Å². The Bertz CT molecular complexity index is 606. The van der Waals surface area contributed by atoms with Gasteiger partial charge in [-0.1, -0.05) is 6.07 Å². The van der Waals surface area contributed by atoms with Gasteiger partial charge in [0.25, 0.3) is 5.91 Å². The number of carbonyl (C=O) groups excluding carboxylic acids is 1. The topological polar surface area (TPSA) is 79.5 Å². The number of amides is 1.